The van der Waals surface area contributed by atoms with Crippen LogP contribution in [0.5, 0.6) is 0 Å². The van der Waals surface area contributed by atoms with E-state index in [0.717, 1.165) is 6.42 Å². The minimum Gasteiger partial charge on any atom is -0.392 e. The summed E-state index contributed by atoms with van der Waals surface area (Å²) < 4.78 is 5.80. The summed E-state index contributed by atoms with van der Waals surface area (Å²) >= 11 is 0. The molecule has 6 aliphatic rings. The first-order chi connectivity index (χ1) is 12.1. The summed E-state index contributed by atoms with van der Waals surface area (Å²) in [6.07, 6.45) is -0.747. The van der Waals surface area contributed by atoms with Crippen molar-refractivity contribution < 1.29 is 30.0 Å². The van der Waals surface area contributed by atoms with Crippen LogP contribution in [0.2, 0.25) is 0 Å². The Morgan fingerprint density at radius 1 is 1.12 bits per heavy atom. The van der Waals surface area contributed by atoms with Gasteiger partial charge in [-0.1, -0.05) is 20.4 Å². The minimum atomic E-state index is -2.15. The predicted octanol–water partition coefficient (Wildman–Crippen LogP) is 0.376. The molecule has 6 rings (SSSR count). The number of carbonyl (C=O) groups is 1. The normalized spacial score (nSPS) is 59.9. The molecule has 4 bridgehead atoms. The maximum atomic E-state index is 13.3. The molecule has 144 valence electrons. The number of fused-ring (bicyclic) bond motifs is 2. The first-order valence-electron chi connectivity index (χ1n) is 9.71. The lowest BCUT2D eigenvalue weighted by molar-refractivity contribution is -0.458. The molecule has 0 amide bonds. The van der Waals surface area contributed by atoms with E-state index >= 15 is 0 Å². The Hall–Kier alpha value is -0.790. The largest absolute Gasteiger partial charge is 0.392 e. The van der Waals surface area contributed by atoms with E-state index in [4.69, 9.17) is 4.74 Å². The molecule has 0 radical (unpaired) electrons. The Kier molecular flexibility index (Phi) is 3.07. The molecular weight excluding hydrogens is 336 g/mol. The number of hydrogen-bond donors (Lipinski definition) is 4. The van der Waals surface area contributed by atoms with Crippen LogP contribution in [0, 0.1) is 34.0 Å². The quantitative estimate of drug-likeness (QED) is 0.463. The van der Waals surface area contributed by atoms with E-state index in [9.17, 15) is 25.2 Å². The van der Waals surface area contributed by atoms with Crippen molar-refractivity contribution in [1.29, 1.82) is 0 Å². The fraction of sp³-hybridized carbons (Fsp3) is 0.850. The van der Waals surface area contributed by atoms with Gasteiger partial charge in [0, 0.05) is 17.3 Å². The number of aliphatic hydroxyl groups is 4. The van der Waals surface area contributed by atoms with Gasteiger partial charge in [0.1, 0.15) is 11.5 Å². The van der Waals surface area contributed by atoms with E-state index in [1.54, 1.807) is 0 Å². The lowest BCUT2D eigenvalue weighted by atomic mass is 9.35. The number of ketones is 1. The minimum absolute atomic E-state index is 0.0966. The molecular formula is C20H28O6. The van der Waals surface area contributed by atoms with E-state index in [0.29, 0.717) is 24.8 Å². The van der Waals surface area contributed by atoms with Crippen LogP contribution in [-0.4, -0.2) is 56.9 Å². The maximum Gasteiger partial charge on any atom is 0.208 e. The van der Waals surface area contributed by atoms with Gasteiger partial charge in [-0.05, 0) is 42.6 Å². The van der Waals surface area contributed by atoms with Crippen LogP contribution >= 0.6 is 0 Å². The van der Waals surface area contributed by atoms with E-state index in [-0.39, 0.29) is 12.0 Å². The van der Waals surface area contributed by atoms with Crippen molar-refractivity contribution in [3.8, 4) is 0 Å². The van der Waals surface area contributed by atoms with Crippen molar-refractivity contribution in [3.05, 3.63) is 12.2 Å². The second-order valence-corrected chi connectivity index (χ2v) is 9.97. The number of Topliss-reactive ketones (excluding diaryl/α,β-unsaturated/α-hetero) is 1. The van der Waals surface area contributed by atoms with Gasteiger partial charge in [0.15, 0.2) is 5.78 Å². The average molecular weight is 364 g/mol. The molecule has 6 heteroatoms. The molecule has 4 aliphatic carbocycles. The number of carbonyl (C=O) groups excluding carboxylic acids is 1. The summed E-state index contributed by atoms with van der Waals surface area (Å²) in [7, 11) is 0. The first-order valence-corrected chi connectivity index (χ1v) is 9.71. The topological polar surface area (TPSA) is 107 Å². The molecule has 0 unspecified atom stereocenters. The van der Waals surface area contributed by atoms with Gasteiger partial charge < -0.3 is 25.2 Å². The van der Waals surface area contributed by atoms with Crippen molar-refractivity contribution >= 4 is 5.78 Å². The van der Waals surface area contributed by atoms with Crippen LogP contribution in [0.3, 0.4) is 0 Å². The third-order valence-electron chi connectivity index (χ3n) is 8.88. The molecule has 0 aromatic carbocycles. The Bertz CT molecular complexity index is 717. The molecule has 2 saturated heterocycles. The van der Waals surface area contributed by atoms with Gasteiger partial charge in [0.2, 0.25) is 5.79 Å². The van der Waals surface area contributed by atoms with Gasteiger partial charge in [0.05, 0.1) is 18.8 Å². The van der Waals surface area contributed by atoms with E-state index < -0.39 is 58.5 Å². The molecule has 6 nitrogen and oxygen atoms in total. The summed E-state index contributed by atoms with van der Waals surface area (Å²) in [4.78, 5) is 13.3. The van der Waals surface area contributed by atoms with Gasteiger partial charge in [-0.15, -0.1) is 0 Å². The second-order valence-electron chi connectivity index (χ2n) is 9.97. The van der Waals surface area contributed by atoms with Crippen LogP contribution in [0.15, 0.2) is 12.2 Å². The van der Waals surface area contributed by atoms with Crippen LogP contribution in [0.1, 0.15) is 39.5 Å². The standard InChI is InChI=1S/C20H28O6/c1-9-10-4-5-11-18-8-26-20(25,19(11,14(9)22)15(10)23)16(24)13(18)17(2,3)7-6-12(18)21/h10-13,15-16,21,23-25H,1,4-8H2,2-3H3/t10-,11+,12+,13-,15-,16-,18-,19+,20+/m0/s1. The average Bonchev–Trinajstić information content (AvgIpc) is 2.69. The van der Waals surface area contributed by atoms with E-state index in [1.165, 1.54) is 0 Å². The highest BCUT2D eigenvalue weighted by molar-refractivity contribution is 6.05. The predicted molar refractivity (Wildman–Crippen MR) is 90.7 cm³/mol. The first kappa shape index (κ1) is 17.3. The van der Waals surface area contributed by atoms with Crippen molar-refractivity contribution in [2.45, 2.75) is 63.6 Å². The molecule has 2 aliphatic heterocycles. The summed E-state index contributed by atoms with van der Waals surface area (Å²) in [6.45, 7) is 8.07. The van der Waals surface area contributed by atoms with E-state index in [1.807, 2.05) is 13.8 Å². The summed E-state index contributed by atoms with van der Waals surface area (Å²) in [5, 5.41) is 45.1. The number of hydrogen-bond acceptors (Lipinski definition) is 6. The number of ether oxygens (including phenoxy) is 1. The molecule has 9 atom stereocenters. The zero-order chi connectivity index (χ0) is 18.9. The summed E-state index contributed by atoms with van der Waals surface area (Å²) in [5.74, 6) is -3.80. The zero-order valence-corrected chi connectivity index (χ0v) is 15.3. The maximum absolute atomic E-state index is 13.3. The van der Waals surface area contributed by atoms with Crippen molar-refractivity contribution in [1.82, 2.24) is 0 Å². The summed E-state index contributed by atoms with van der Waals surface area (Å²) in [5.41, 5.74) is -2.49. The van der Waals surface area contributed by atoms with Crippen LogP contribution in [-0.2, 0) is 9.53 Å². The number of rotatable bonds is 0. The van der Waals surface area contributed by atoms with Crippen LogP contribution in [0.4, 0.5) is 0 Å². The van der Waals surface area contributed by atoms with Crippen LogP contribution in [0.25, 0.3) is 0 Å². The number of aliphatic hydroxyl groups excluding tert-OH is 3. The van der Waals surface area contributed by atoms with Gasteiger partial charge >= 0.3 is 0 Å². The van der Waals surface area contributed by atoms with Crippen LogP contribution < -0.4 is 0 Å². The second kappa shape index (κ2) is 4.61. The molecule has 2 spiro atoms. The highest BCUT2D eigenvalue weighted by Gasteiger charge is 2.86. The monoisotopic (exact) mass is 364 g/mol. The van der Waals surface area contributed by atoms with Crippen molar-refractivity contribution in [2.75, 3.05) is 6.61 Å². The highest BCUT2D eigenvalue weighted by atomic mass is 16.6. The molecule has 6 fully saturated rings. The SMILES string of the molecule is C=C1C(=O)[C@]23[C@H](CC[C@@H]1[C@@H]2O)[C@]12CO[C@]3(O)[C@@H](O)[C@H]1C(C)(C)CC[C@H]2O. The smallest absolute Gasteiger partial charge is 0.208 e. The highest BCUT2D eigenvalue weighted by Crippen LogP contribution is 2.76. The fourth-order valence-electron chi connectivity index (χ4n) is 7.90. The third kappa shape index (κ3) is 1.41. The van der Waals surface area contributed by atoms with Crippen molar-refractivity contribution in [2.24, 2.45) is 34.0 Å². The zero-order valence-electron chi connectivity index (χ0n) is 15.3. The van der Waals surface area contributed by atoms with Crippen molar-refractivity contribution in [3.63, 3.8) is 0 Å². The molecule has 26 heavy (non-hydrogen) atoms. The Morgan fingerprint density at radius 2 is 1.81 bits per heavy atom. The summed E-state index contributed by atoms with van der Waals surface area (Å²) in [6, 6.07) is 0. The third-order valence-corrected chi connectivity index (χ3v) is 8.88. The van der Waals surface area contributed by atoms with E-state index in [2.05, 4.69) is 6.58 Å². The van der Waals surface area contributed by atoms with Gasteiger partial charge in [0.25, 0.3) is 0 Å². The molecule has 2 heterocycles. The Labute approximate surface area is 152 Å². The van der Waals surface area contributed by atoms with Gasteiger partial charge in [-0.2, -0.15) is 0 Å². The molecule has 4 saturated carbocycles. The molecule has 0 aromatic heterocycles. The molecule has 4 N–H and O–H groups in total. The lowest BCUT2D eigenvalue weighted by Gasteiger charge is -2.74. The Morgan fingerprint density at radius 3 is 2.50 bits per heavy atom. The van der Waals surface area contributed by atoms with Gasteiger partial charge in [-0.3, -0.25) is 4.79 Å². The lowest BCUT2D eigenvalue weighted by Crippen LogP contribution is -2.85. The fourth-order valence-corrected chi connectivity index (χ4v) is 7.90. The Balaban J connectivity index is 1.81. The van der Waals surface area contributed by atoms with Gasteiger partial charge in [-0.25, -0.2) is 0 Å². The molecule has 0 aromatic rings.